The fraction of sp³-hybridized carbons (Fsp3) is 0.0909. The molecule has 7 nitrogen and oxygen atoms in total. The molecule has 0 aliphatic rings. The molecule has 0 aliphatic carbocycles. The van der Waals surface area contributed by atoms with Gasteiger partial charge < -0.3 is 5.73 Å². The lowest BCUT2D eigenvalue weighted by atomic mass is 10.1. The van der Waals surface area contributed by atoms with Crippen LogP contribution < -0.4 is 11.2 Å². The third kappa shape index (κ3) is 2.88. The highest BCUT2D eigenvalue weighted by Crippen LogP contribution is 2.22. The summed E-state index contributed by atoms with van der Waals surface area (Å²) in [4.78, 5) is 14.1. The molecule has 0 atom stereocenters. The largest absolute Gasteiger partial charge is 0.383 e. The molecule has 0 unspecified atom stereocenters. The quantitative estimate of drug-likeness (QED) is 0.512. The molecule has 1 aromatic carbocycles. The number of halogens is 1. The zero-order chi connectivity index (χ0) is 14.7. The van der Waals surface area contributed by atoms with Gasteiger partial charge >= 0.3 is 0 Å². The van der Waals surface area contributed by atoms with Crippen molar-refractivity contribution in [2.75, 3.05) is 11.2 Å². The molecule has 104 valence electrons. The van der Waals surface area contributed by atoms with Crippen LogP contribution in [-0.4, -0.2) is 16.1 Å². The molecule has 0 radical (unpaired) electrons. The summed E-state index contributed by atoms with van der Waals surface area (Å²) >= 11 is 1.24. The van der Waals surface area contributed by atoms with Crippen molar-refractivity contribution in [3.05, 3.63) is 44.6 Å². The minimum Gasteiger partial charge on any atom is -0.383 e. The summed E-state index contributed by atoms with van der Waals surface area (Å²) in [7, 11) is 0. The lowest BCUT2D eigenvalue weighted by molar-refractivity contribution is -0.385. The summed E-state index contributed by atoms with van der Waals surface area (Å²) in [6.07, 6.45) is 1.18. The number of rotatable bonds is 4. The van der Waals surface area contributed by atoms with Crippen molar-refractivity contribution in [2.24, 2.45) is 5.10 Å². The standard InChI is InChI=1S/C11H10FN5O2S/c1-6-7(8(12)2-3-9(6)17(18)19)4-14-16-11-15-10(13)5-20-11/h2-5H,13H2,1H3,(H,15,16). The Bertz CT molecular complexity index is 685. The molecule has 2 rings (SSSR count). The van der Waals surface area contributed by atoms with E-state index in [9.17, 15) is 14.5 Å². The van der Waals surface area contributed by atoms with Gasteiger partial charge in [-0.2, -0.15) is 5.10 Å². The first-order valence-electron chi connectivity index (χ1n) is 5.42. The van der Waals surface area contributed by atoms with Crippen LogP contribution >= 0.6 is 11.3 Å². The van der Waals surface area contributed by atoms with Crippen LogP contribution in [0.5, 0.6) is 0 Å². The Hall–Kier alpha value is -2.55. The van der Waals surface area contributed by atoms with Gasteiger partial charge in [0.2, 0.25) is 5.13 Å². The Kier molecular flexibility index (Phi) is 3.89. The van der Waals surface area contributed by atoms with Crippen molar-refractivity contribution in [3.8, 4) is 0 Å². The van der Waals surface area contributed by atoms with E-state index in [1.54, 1.807) is 5.38 Å². The second-order valence-corrected chi connectivity index (χ2v) is 4.67. The highest BCUT2D eigenvalue weighted by atomic mass is 32.1. The van der Waals surface area contributed by atoms with Gasteiger partial charge in [-0.05, 0) is 13.0 Å². The van der Waals surface area contributed by atoms with Gasteiger partial charge in [-0.25, -0.2) is 9.37 Å². The van der Waals surface area contributed by atoms with Crippen molar-refractivity contribution in [1.82, 2.24) is 4.98 Å². The van der Waals surface area contributed by atoms with Gasteiger partial charge in [-0.1, -0.05) is 0 Å². The number of hydrazone groups is 1. The molecule has 9 heteroatoms. The Morgan fingerprint density at radius 3 is 2.95 bits per heavy atom. The fourth-order valence-corrected chi connectivity index (χ4v) is 2.08. The van der Waals surface area contributed by atoms with E-state index in [1.165, 1.54) is 24.5 Å². The minimum atomic E-state index is -0.586. The Morgan fingerprint density at radius 2 is 2.35 bits per heavy atom. The van der Waals surface area contributed by atoms with Crippen molar-refractivity contribution in [1.29, 1.82) is 0 Å². The van der Waals surface area contributed by atoms with E-state index in [2.05, 4.69) is 15.5 Å². The molecule has 3 N–H and O–H groups in total. The molecular weight excluding hydrogens is 285 g/mol. The van der Waals surface area contributed by atoms with E-state index >= 15 is 0 Å². The Labute approximate surface area is 117 Å². The average Bonchev–Trinajstić information content (AvgIpc) is 2.78. The normalized spacial score (nSPS) is 10.9. The molecule has 0 spiro atoms. The van der Waals surface area contributed by atoms with E-state index in [0.717, 1.165) is 12.1 Å². The molecule has 1 heterocycles. The predicted octanol–water partition coefficient (Wildman–Crippen LogP) is 2.53. The van der Waals surface area contributed by atoms with Crippen LogP contribution in [0.3, 0.4) is 0 Å². The number of nitro groups is 1. The van der Waals surface area contributed by atoms with E-state index in [-0.39, 0.29) is 16.8 Å². The molecular formula is C11H10FN5O2S. The van der Waals surface area contributed by atoms with E-state index in [4.69, 9.17) is 5.73 Å². The molecule has 0 fully saturated rings. The molecule has 0 bridgehead atoms. The van der Waals surface area contributed by atoms with Crippen LogP contribution in [0.2, 0.25) is 0 Å². The maximum atomic E-state index is 13.6. The van der Waals surface area contributed by atoms with Crippen molar-refractivity contribution in [3.63, 3.8) is 0 Å². The molecule has 20 heavy (non-hydrogen) atoms. The van der Waals surface area contributed by atoms with E-state index < -0.39 is 10.7 Å². The van der Waals surface area contributed by atoms with Crippen molar-refractivity contribution in [2.45, 2.75) is 6.92 Å². The molecule has 0 saturated heterocycles. The number of aromatic nitrogens is 1. The number of nitrogens with one attached hydrogen (secondary N) is 1. The maximum absolute atomic E-state index is 13.6. The van der Waals surface area contributed by atoms with Crippen LogP contribution in [0.4, 0.5) is 21.0 Å². The van der Waals surface area contributed by atoms with Crippen molar-refractivity contribution >= 4 is 34.2 Å². The lowest BCUT2D eigenvalue weighted by Crippen LogP contribution is -2.00. The number of thiazole rings is 1. The van der Waals surface area contributed by atoms with Gasteiger partial charge in [0.05, 0.1) is 11.1 Å². The smallest absolute Gasteiger partial charge is 0.273 e. The summed E-state index contributed by atoms with van der Waals surface area (Å²) < 4.78 is 13.6. The van der Waals surface area contributed by atoms with Gasteiger partial charge in [-0.3, -0.25) is 15.5 Å². The highest BCUT2D eigenvalue weighted by Gasteiger charge is 2.16. The molecule has 2 aromatic rings. The molecule has 0 amide bonds. The Morgan fingerprint density at radius 1 is 1.60 bits per heavy atom. The SMILES string of the molecule is Cc1c([N+](=O)[O-])ccc(F)c1C=NNc1nc(N)cs1. The van der Waals surface area contributed by atoms with E-state index in [0.29, 0.717) is 10.9 Å². The number of hydrogen-bond donors (Lipinski definition) is 2. The van der Waals surface area contributed by atoms with Crippen LogP contribution in [0.15, 0.2) is 22.6 Å². The molecule has 0 aliphatic heterocycles. The van der Waals surface area contributed by atoms with Gasteiger partial charge in [0.15, 0.2) is 0 Å². The summed E-state index contributed by atoms with van der Waals surface area (Å²) in [5.41, 5.74) is 8.11. The first kappa shape index (κ1) is 13.9. The molecule has 1 aromatic heterocycles. The zero-order valence-corrected chi connectivity index (χ0v) is 11.1. The summed E-state index contributed by atoms with van der Waals surface area (Å²) in [6.45, 7) is 1.46. The van der Waals surface area contributed by atoms with Crippen LogP contribution in [0, 0.1) is 22.9 Å². The van der Waals surface area contributed by atoms with Gasteiger partial charge in [-0.15, -0.1) is 11.3 Å². The maximum Gasteiger partial charge on any atom is 0.273 e. The van der Waals surface area contributed by atoms with Crippen LogP contribution in [0.1, 0.15) is 11.1 Å². The lowest BCUT2D eigenvalue weighted by Gasteiger charge is -2.02. The predicted molar refractivity (Wildman–Crippen MR) is 75.5 cm³/mol. The third-order valence-electron chi connectivity index (χ3n) is 2.51. The summed E-state index contributed by atoms with van der Waals surface area (Å²) in [6, 6.07) is 2.16. The number of nitro benzene ring substituents is 1. The third-order valence-corrected chi connectivity index (χ3v) is 3.27. The molecule has 0 saturated carbocycles. The number of nitrogen functional groups attached to an aromatic ring is 1. The number of benzene rings is 1. The average molecular weight is 295 g/mol. The topological polar surface area (TPSA) is 106 Å². The fourth-order valence-electron chi connectivity index (χ4n) is 1.53. The van der Waals surface area contributed by atoms with E-state index in [1.807, 2.05) is 0 Å². The number of nitrogens with zero attached hydrogens (tertiary/aromatic N) is 3. The first-order chi connectivity index (χ1) is 9.49. The minimum absolute atomic E-state index is 0.0521. The second kappa shape index (κ2) is 5.61. The van der Waals surface area contributed by atoms with Gasteiger partial charge in [0, 0.05) is 22.6 Å². The monoisotopic (exact) mass is 295 g/mol. The van der Waals surface area contributed by atoms with Gasteiger partial charge in [0.25, 0.3) is 5.69 Å². The van der Waals surface area contributed by atoms with Crippen LogP contribution in [0.25, 0.3) is 0 Å². The van der Waals surface area contributed by atoms with Crippen LogP contribution in [-0.2, 0) is 0 Å². The number of anilines is 2. The summed E-state index contributed by atoms with van der Waals surface area (Å²) in [5, 5.41) is 16.7. The Balaban J connectivity index is 2.24. The highest BCUT2D eigenvalue weighted by molar-refractivity contribution is 7.14. The van der Waals surface area contributed by atoms with Crippen molar-refractivity contribution < 1.29 is 9.31 Å². The number of hydrogen-bond acceptors (Lipinski definition) is 7. The zero-order valence-electron chi connectivity index (χ0n) is 10.3. The second-order valence-electron chi connectivity index (χ2n) is 3.81. The van der Waals surface area contributed by atoms with Gasteiger partial charge in [0.1, 0.15) is 11.6 Å². The first-order valence-corrected chi connectivity index (χ1v) is 6.30. The summed E-state index contributed by atoms with van der Waals surface area (Å²) in [5.74, 6) is -0.234. The number of nitrogens with two attached hydrogens (primary N) is 1.